The summed E-state index contributed by atoms with van der Waals surface area (Å²) in [5.41, 5.74) is 4.35. The van der Waals surface area contributed by atoms with Crippen LogP contribution in [0.1, 0.15) is 32.9 Å². The number of benzene rings is 2. The largest absolute Gasteiger partial charge is 0.478 e. The molecule has 1 aliphatic rings. The van der Waals surface area contributed by atoms with Crippen LogP contribution >= 0.6 is 23.8 Å². The molecule has 1 aromatic heterocycles. The van der Waals surface area contributed by atoms with Crippen molar-refractivity contribution in [1.29, 1.82) is 0 Å². The average molecular weight is 494 g/mol. The second-order valence-corrected chi connectivity index (χ2v) is 8.65. The summed E-state index contributed by atoms with van der Waals surface area (Å²) >= 11 is 11.5. The molecule has 0 radical (unpaired) electrons. The molecule has 0 saturated carbocycles. The Morgan fingerprint density at radius 1 is 1.09 bits per heavy atom. The van der Waals surface area contributed by atoms with Gasteiger partial charge in [-0.15, -0.1) is 0 Å². The van der Waals surface area contributed by atoms with E-state index in [1.54, 1.807) is 6.07 Å². The highest BCUT2D eigenvalue weighted by molar-refractivity contribution is 7.80. The minimum Gasteiger partial charge on any atom is -0.478 e. The minimum absolute atomic E-state index is 0.00373. The van der Waals surface area contributed by atoms with E-state index in [1.165, 1.54) is 24.3 Å². The number of nitrogens with zero attached hydrogens (tertiary/aromatic N) is 2. The van der Waals surface area contributed by atoms with Crippen molar-refractivity contribution in [1.82, 2.24) is 9.88 Å². The Bertz CT molecular complexity index is 1420. The number of carbonyl (C=O) groups is 3. The molecule has 172 valence electrons. The highest BCUT2D eigenvalue weighted by atomic mass is 35.5. The van der Waals surface area contributed by atoms with Crippen molar-refractivity contribution < 1.29 is 19.5 Å². The molecule has 2 heterocycles. The smallest absolute Gasteiger partial charge is 0.335 e. The molecule has 2 aromatic carbocycles. The van der Waals surface area contributed by atoms with Gasteiger partial charge in [0.1, 0.15) is 5.57 Å². The first-order valence-electron chi connectivity index (χ1n) is 10.3. The van der Waals surface area contributed by atoms with Gasteiger partial charge < -0.3 is 9.67 Å². The van der Waals surface area contributed by atoms with E-state index in [2.05, 4.69) is 5.32 Å². The summed E-state index contributed by atoms with van der Waals surface area (Å²) in [6.45, 7) is 5.75. The van der Waals surface area contributed by atoms with Crippen LogP contribution in [0.4, 0.5) is 5.69 Å². The molecule has 9 heteroatoms. The van der Waals surface area contributed by atoms with Gasteiger partial charge in [0.05, 0.1) is 11.3 Å². The number of rotatable bonds is 4. The highest BCUT2D eigenvalue weighted by Crippen LogP contribution is 2.29. The van der Waals surface area contributed by atoms with E-state index < -0.39 is 17.8 Å². The molecule has 7 nitrogen and oxygen atoms in total. The van der Waals surface area contributed by atoms with Gasteiger partial charge in [-0.1, -0.05) is 23.7 Å². The van der Waals surface area contributed by atoms with Gasteiger partial charge in [0.25, 0.3) is 11.8 Å². The average Bonchev–Trinajstić information content (AvgIpc) is 3.06. The molecule has 2 amide bonds. The third-order valence-corrected chi connectivity index (χ3v) is 6.40. The highest BCUT2D eigenvalue weighted by Gasteiger charge is 2.35. The summed E-state index contributed by atoms with van der Waals surface area (Å²) in [6.07, 6.45) is 1.52. The molecule has 0 bridgehead atoms. The van der Waals surface area contributed by atoms with Gasteiger partial charge in [0.15, 0.2) is 5.11 Å². The number of carbonyl (C=O) groups excluding carboxylic acids is 2. The van der Waals surface area contributed by atoms with E-state index in [1.807, 2.05) is 49.6 Å². The maximum atomic E-state index is 13.3. The lowest BCUT2D eigenvalue weighted by atomic mass is 10.1. The Morgan fingerprint density at radius 2 is 1.79 bits per heavy atom. The fraction of sp³-hybridized carbons (Fsp3) is 0.120. The monoisotopic (exact) mass is 493 g/mol. The summed E-state index contributed by atoms with van der Waals surface area (Å²) in [5.74, 6) is -2.40. The predicted molar refractivity (Wildman–Crippen MR) is 135 cm³/mol. The SMILES string of the molecule is Cc1c(Cl)cccc1-n1c(C)cc(C=C2C(=O)NC(=S)N(c3cccc(C(=O)O)c3)C2=O)c1C. The summed E-state index contributed by atoms with van der Waals surface area (Å²) < 4.78 is 2.01. The molecule has 4 rings (SSSR count). The Morgan fingerprint density at radius 3 is 2.50 bits per heavy atom. The number of carboxylic acids is 1. The van der Waals surface area contributed by atoms with E-state index in [0.717, 1.165) is 27.5 Å². The van der Waals surface area contributed by atoms with E-state index >= 15 is 0 Å². The number of hydrogen-bond donors (Lipinski definition) is 2. The van der Waals surface area contributed by atoms with Gasteiger partial charge in [-0.05, 0) is 86.6 Å². The van der Waals surface area contributed by atoms with Gasteiger partial charge in [0.2, 0.25) is 0 Å². The van der Waals surface area contributed by atoms with Crippen LogP contribution < -0.4 is 10.2 Å². The number of thiocarbonyl (C=S) groups is 1. The van der Waals surface area contributed by atoms with Gasteiger partial charge >= 0.3 is 5.97 Å². The molecule has 1 saturated heterocycles. The number of hydrogen-bond acceptors (Lipinski definition) is 4. The van der Waals surface area contributed by atoms with Crippen molar-refractivity contribution in [3.05, 3.63) is 87.2 Å². The maximum absolute atomic E-state index is 13.3. The summed E-state index contributed by atoms with van der Waals surface area (Å²) in [5, 5.41) is 12.3. The Labute approximate surface area is 206 Å². The molecule has 0 atom stereocenters. The van der Waals surface area contributed by atoms with Crippen molar-refractivity contribution >= 4 is 58.5 Å². The second-order valence-electron chi connectivity index (χ2n) is 7.86. The number of anilines is 1. The van der Waals surface area contributed by atoms with Crippen LogP contribution in [0.2, 0.25) is 5.02 Å². The third kappa shape index (κ3) is 4.02. The number of aryl methyl sites for hydroxylation is 1. The lowest BCUT2D eigenvalue weighted by Gasteiger charge is -2.29. The lowest BCUT2D eigenvalue weighted by molar-refractivity contribution is -0.122. The van der Waals surface area contributed by atoms with Crippen LogP contribution in [0, 0.1) is 20.8 Å². The van der Waals surface area contributed by atoms with Crippen LogP contribution in [0.5, 0.6) is 0 Å². The van der Waals surface area contributed by atoms with Gasteiger partial charge in [-0.3, -0.25) is 19.8 Å². The fourth-order valence-corrected chi connectivity index (χ4v) is 4.42. The third-order valence-electron chi connectivity index (χ3n) is 5.70. The first kappa shape index (κ1) is 23.4. The molecular formula is C25H20ClN3O4S. The van der Waals surface area contributed by atoms with Crippen LogP contribution in [0.25, 0.3) is 11.8 Å². The fourth-order valence-electron chi connectivity index (χ4n) is 3.97. The second kappa shape index (κ2) is 8.89. The number of carboxylic acid groups (broad SMARTS) is 1. The zero-order chi connectivity index (χ0) is 24.7. The van der Waals surface area contributed by atoms with E-state index in [9.17, 15) is 19.5 Å². The molecule has 1 aliphatic heterocycles. The molecule has 0 unspecified atom stereocenters. The van der Waals surface area contributed by atoms with Crippen molar-refractivity contribution in [3.63, 3.8) is 0 Å². The number of aromatic carboxylic acids is 1. The first-order chi connectivity index (χ1) is 16.1. The predicted octanol–water partition coefficient (Wildman–Crippen LogP) is 4.59. The molecule has 0 aliphatic carbocycles. The van der Waals surface area contributed by atoms with E-state index in [0.29, 0.717) is 10.6 Å². The van der Waals surface area contributed by atoms with Crippen molar-refractivity contribution in [2.24, 2.45) is 0 Å². The minimum atomic E-state index is -1.14. The molecule has 34 heavy (non-hydrogen) atoms. The lowest BCUT2D eigenvalue weighted by Crippen LogP contribution is -2.54. The molecule has 3 aromatic rings. The topological polar surface area (TPSA) is 91.6 Å². The Kier molecular flexibility index (Phi) is 6.12. The number of nitrogens with one attached hydrogen (secondary N) is 1. The quantitative estimate of drug-likeness (QED) is 0.315. The normalized spacial score (nSPS) is 15.1. The number of amides is 2. The summed E-state index contributed by atoms with van der Waals surface area (Å²) in [4.78, 5) is 38.5. The molecule has 0 spiro atoms. The standard InChI is InChI=1S/C25H20ClN3O4S/c1-13-10-17(15(3)28(13)21-9-5-8-20(26)14(21)2)12-19-22(30)27-25(34)29(23(19)31)18-7-4-6-16(11-18)24(32)33/h4-12H,1-3H3,(H,32,33)(H,27,30,34). The van der Waals surface area contributed by atoms with Gasteiger partial charge in [-0.2, -0.15) is 0 Å². The number of halogens is 1. The zero-order valence-corrected chi connectivity index (χ0v) is 20.1. The Balaban J connectivity index is 1.79. The summed E-state index contributed by atoms with van der Waals surface area (Å²) in [7, 11) is 0. The van der Waals surface area contributed by atoms with Gasteiger partial charge in [-0.25, -0.2) is 4.79 Å². The van der Waals surface area contributed by atoms with E-state index in [4.69, 9.17) is 23.8 Å². The summed E-state index contributed by atoms with van der Waals surface area (Å²) in [6, 6.07) is 13.3. The number of aromatic nitrogens is 1. The van der Waals surface area contributed by atoms with Gasteiger partial charge in [0, 0.05) is 22.1 Å². The van der Waals surface area contributed by atoms with Crippen LogP contribution in [0.15, 0.2) is 54.1 Å². The van der Waals surface area contributed by atoms with Crippen molar-refractivity contribution in [3.8, 4) is 5.69 Å². The first-order valence-corrected chi connectivity index (χ1v) is 11.1. The maximum Gasteiger partial charge on any atom is 0.335 e. The molecule has 2 N–H and O–H groups in total. The van der Waals surface area contributed by atoms with E-state index in [-0.39, 0.29) is 21.9 Å². The van der Waals surface area contributed by atoms with Crippen LogP contribution in [-0.2, 0) is 9.59 Å². The molecule has 1 fully saturated rings. The Hall–Kier alpha value is -3.75. The molecular weight excluding hydrogens is 474 g/mol. The van der Waals surface area contributed by atoms with Crippen LogP contribution in [-0.4, -0.2) is 32.6 Å². The van der Waals surface area contributed by atoms with Crippen LogP contribution in [0.3, 0.4) is 0 Å². The zero-order valence-electron chi connectivity index (χ0n) is 18.5. The van der Waals surface area contributed by atoms with Crippen molar-refractivity contribution in [2.75, 3.05) is 4.90 Å². The van der Waals surface area contributed by atoms with Crippen molar-refractivity contribution in [2.45, 2.75) is 20.8 Å².